The van der Waals surface area contributed by atoms with Crippen molar-refractivity contribution in [3.63, 3.8) is 0 Å². The molecule has 0 saturated carbocycles. The third-order valence-corrected chi connectivity index (χ3v) is 5.54. The topological polar surface area (TPSA) is 131 Å². The van der Waals surface area contributed by atoms with Crippen LogP contribution in [0.5, 0.6) is 0 Å². The van der Waals surface area contributed by atoms with Crippen LogP contribution in [0.2, 0.25) is 0 Å². The Morgan fingerprint density at radius 1 is 1.29 bits per heavy atom. The van der Waals surface area contributed by atoms with Crippen LogP contribution < -0.4 is 5.32 Å². The van der Waals surface area contributed by atoms with E-state index in [4.69, 9.17) is 13.7 Å². The average molecular weight is 425 g/mol. The number of rotatable bonds is 12. The normalized spacial score (nSPS) is 17.1. The number of nitrogens with one attached hydrogen (secondary N) is 1. The molecule has 0 bridgehead atoms. The zero-order valence-corrected chi connectivity index (χ0v) is 17.6. The lowest BCUT2D eigenvalue weighted by molar-refractivity contribution is -0.162. The number of ether oxygens (including phenoxy) is 2. The summed E-state index contributed by atoms with van der Waals surface area (Å²) in [5.41, 5.74) is -1.15. The fraction of sp³-hybridized carbons (Fsp3) is 0.882. The number of amides is 1. The standard InChI is InChI=1S/C17H32N2O8S/c1-14(20)18-5-4-12-28(23,24)27-13-17(2,3)15(21)16(22)26-11-8-19-6-9-25-10-7-19/h15,21H,4-13H2,1-3H3,(H,18,20). The van der Waals surface area contributed by atoms with Crippen LogP contribution in [-0.4, -0.2) is 94.8 Å². The lowest BCUT2D eigenvalue weighted by atomic mass is 9.88. The summed E-state index contributed by atoms with van der Waals surface area (Å²) in [5.74, 6) is -1.33. The Bertz CT molecular complexity index is 602. The summed E-state index contributed by atoms with van der Waals surface area (Å²) in [6.07, 6.45) is -1.32. The number of aliphatic hydroxyl groups is 1. The molecule has 0 aliphatic carbocycles. The molecule has 1 heterocycles. The molecule has 1 aliphatic heterocycles. The van der Waals surface area contributed by atoms with E-state index in [1.807, 2.05) is 0 Å². The van der Waals surface area contributed by atoms with Crippen LogP contribution >= 0.6 is 0 Å². The van der Waals surface area contributed by atoms with E-state index in [0.717, 1.165) is 13.1 Å². The molecule has 1 unspecified atom stereocenters. The van der Waals surface area contributed by atoms with E-state index in [2.05, 4.69) is 10.2 Å². The summed E-state index contributed by atoms with van der Waals surface area (Å²) < 4.78 is 39.1. The number of aliphatic hydroxyl groups excluding tert-OH is 1. The Morgan fingerprint density at radius 3 is 2.54 bits per heavy atom. The summed E-state index contributed by atoms with van der Waals surface area (Å²) >= 11 is 0. The molecule has 1 atom stereocenters. The van der Waals surface area contributed by atoms with Gasteiger partial charge in [0.25, 0.3) is 10.1 Å². The number of hydrogen-bond donors (Lipinski definition) is 2. The average Bonchev–Trinajstić information content (AvgIpc) is 2.64. The van der Waals surface area contributed by atoms with E-state index in [0.29, 0.717) is 19.8 Å². The fourth-order valence-corrected chi connectivity index (χ4v) is 3.49. The number of carbonyl (C=O) groups is 2. The smallest absolute Gasteiger partial charge is 0.335 e. The van der Waals surface area contributed by atoms with Crippen molar-refractivity contribution < 1.29 is 36.8 Å². The monoisotopic (exact) mass is 424 g/mol. The quantitative estimate of drug-likeness (QED) is 0.233. The van der Waals surface area contributed by atoms with Crippen molar-refractivity contribution in [2.75, 3.05) is 58.4 Å². The minimum atomic E-state index is -3.84. The van der Waals surface area contributed by atoms with Crippen LogP contribution in [0, 0.1) is 5.41 Å². The first-order valence-electron chi connectivity index (χ1n) is 9.30. The van der Waals surface area contributed by atoms with Crippen molar-refractivity contribution in [1.82, 2.24) is 10.2 Å². The van der Waals surface area contributed by atoms with Gasteiger partial charge in [0.15, 0.2) is 6.10 Å². The van der Waals surface area contributed by atoms with Crippen molar-refractivity contribution in [1.29, 1.82) is 0 Å². The maximum atomic E-state index is 12.1. The third-order valence-electron chi connectivity index (χ3n) is 4.27. The Kier molecular flexibility index (Phi) is 10.3. The van der Waals surface area contributed by atoms with E-state index in [1.54, 1.807) is 0 Å². The molecule has 1 saturated heterocycles. The van der Waals surface area contributed by atoms with E-state index in [9.17, 15) is 23.1 Å². The molecule has 0 aromatic heterocycles. The Hall–Kier alpha value is -1.27. The maximum absolute atomic E-state index is 12.1. The lowest BCUT2D eigenvalue weighted by Gasteiger charge is -2.29. The number of morpholine rings is 1. The Labute approximate surface area is 166 Å². The van der Waals surface area contributed by atoms with Crippen LogP contribution in [0.4, 0.5) is 0 Å². The molecule has 1 amide bonds. The minimum absolute atomic E-state index is 0.133. The molecule has 0 radical (unpaired) electrons. The molecule has 11 heteroatoms. The van der Waals surface area contributed by atoms with Crippen LogP contribution in [0.15, 0.2) is 0 Å². The highest BCUT2D eigenvalue weighted by molar-refractivity contribution is 7.86. The molecule has 1 rings (SSSR count). The largest absolute Gasteiger partial charge is 0.462 e. The van der Waals surface area contributed by atoms with Gasteiger partial charge in [-0.3, -0.25) is 13.9 Å². The molecule has 0 aromatic carbocycles. The van der Waals surface area contributed by atoms with Gasteiger partial charge in [-0.05, 0) is 6.42 Å². The van der Waals surface area contributed by atoms with Gasteiger partial charge in [0.1, 0.15) is 6.61 Å². The summed E-state index contributed by atoms with van der Waals surface area (Å²) in [6, 6.07) is 0. The summed E-state index contributed by atoms with van der Waals surface area (Å²) in [6.45, 7) is 7.72. The van der Waals surface area contributed by atoms with Gasteiger partial charge in [-0.15, -0.1) is 0 Å². The summed E-state index contributed by atoms with van der Waals surface area (Å²) in [4.78, 5) is 24.9. The molecule has 1 fully saturated rings. The van der Waals surface area contributed by atoms with Gasteiger partial charge >= 0.3 is 5.97 Å². The predicted octanol–water partition coefficient (Wildman–Crippen LogP) is -0.878. The highest BCUT2D eigenvalue weighted by atomic mass is 32.2. The fourth-order valence-electron chi connectivity index (χ4n) is 2.39. The molecule has 164 valence electrons. The van der Waals surface area contributed by atoms with Crippen molar-refractivity contribution in [2.45, 2.75) is 33.3 Å². The van der Waals surface area contributed by atoms with Gasteiger partial charge < -0.3 is 19.9 Å². The van der Waals surface area contributed by atoms with Gasteiger partial charge in [0.05, 0.1) is 25.6 Å². The first-order valence-corrected chi connectivity index (χ1v) is 10.9. The summed E-state index contributed by atoms with van der Waals surface area (Å²) in [5, 5.41) is 12.7. The Morgan fingerprint density at radius 2 is 1.93 bits per heavy atom. The van der Waals surface area contributed by atoms with Gasteiger partial charge in [-0.1, -0.05) is 13.8 Å². The molecular weight excluding hydrogens is 392 g/mol. The van der Waals surface area contributed by atoms with Gasteiger partial charge in [-0.25, -0.2) is 4.79 Å². The second-order valence-corrected chi connectivity index (χ2v) is 9.13. The first kappa shape index (κ1) is 24.8. The van der Waals surface area contributed by atoms with Crippen LogP contribution in [0.1, 0.15) is 27.2 Å². The van der Waals surface area contributed by atoms with Gasteiger partial charge in [0.2, 0.25) is 5.91 Å². The minimum Gasteiger partial charge on any atom is -0.462 e. The highest BCUT2D eigenvalue weighted by Gasteiger charge is 2.36. The van der Waals surface area contributed by atoms with Crippen molar-refractivity contribution >= 4 is 22.0 Å². The number of hydrogen-bond acceptors (Lipinski definition) is 9. The molecule has 1 aliphatic rings. The predicted molar refractivity (Wildman–Crippen MR) is 101 cm³/mol. The molecule has 0 aromatic rings. The van der Waals surface area contributed by atoms with E-state index in [1.165, 1.54) is 20.8 Å². The van der Waals surface area contributed by atoms with E-state index < -0.39 is 27.6 Å². The van der Waals surface area contributed by atoms with Gasteiger partial charge in [0, 0.05) is 38.5 Å². The lowest BCUT2D eigenvalue weighted by Crippen LogP contribution is -2.43. The highest BCUT2D eigenvalue weighted by Crippen LogP contribution is 2.23. The molecule has 28 heavy (non-hydrogen) atoms. The zero-order valence-electron chi connectivity index (χ0n) is 16.8. The Balaban J connectivity index is 2.35. The van der Waals surface area contributed by atoms with Crippen molar-refractivity contribution in [2.24, 2.45) is 5.41 Å². The maximum Gasteiger partial charge on any atom is 0.335 e. The third kappa shape index (κ3) is 9.78. The van der Waals surface area contributed by atoms with Gasteiger partial charge in [-0.2, -0.15) is 8.42 Å². The molecular formula is C17H32N2O8S. The summed E-state index contributed by atoms with van der Waals surface area (Å²) in [7, 11) is -3.84. The zero-order chi connectivity index (χ0) is 21.2. The van der Waals surface area contributed by atoms with Crippen molar-refractivity contribution in [3.05, 3.63) is 0 Å². The molecule has 2 N–H and O–H groups in total. The second kappa shape index (κ2) is 11.7. The SMILES string of the molecule is CC(=O)NCCCS(=O)(=O)OCC(C)(C)C(O)C(=O)OCCN1CCOCC1. The number of carbonyl (C=O) groups excluding carboxylic acids is 2. The van der Waals surface area contributed by atoms with Crippen molar-refractivity contribution in [3.8, 4) is 0 Å². The number of nitrogens with zero attached hydrogens (tertiary/aromatic N) is 1. The van der Waals surface area contributed by atoms with Crippen LogP contribution in [0.3, 0.4) is 0 Å². The van der Waals surface area contributed by atoms with E-state index in [-0.39, 0.29) is 37.8 Å². The second-order valence-electron chi connectivity index (χ2n) is 7.37. The first-order chi connectivity index (χ1) is 13.0. The van der Waals surface area contributed by atoms with Crippen LogP contribution in [-0.2, 0) is 33.4 Å². The van der Waals surface area contributed by atoms with E-state index >= 15 is 0 Å². The number of esters is 1. The molecule has 10 nitrogen and oxygen atoms in total. The van der Waals surface area contributed by atoms with Crippen LogP contribution in [0.25, 0.3) is 0 Å². The molecule has 0 spiro atoms.